The Balaban J connectivity index is 1.50. The van der Waals surface area contributed by atoms with E-state index >= 15 is 0 Å². The zero-order chi connectivity index (χ0) is 30.1. The van der Waals surface area contributed by atoms with Crippen molar-refractivity contribution in [3.05, 3.63) is 112 Å². The number of anilines is 2. The van der Waals surface area contributed by atoms with Gasteiger partial charge in [-0.3, -0.25) is 9.52 Å². The Morgan fingerprint density at radius 3 is 1.93 bits per heavy atom. The molecule has 0 fully saturated rings. The number of amides is 1. The molecule has 1 spiro atoms. The van der Waals surface area contributed by atoms with E-state index in [4.69, 9.17) is 9.47 Å². The third-order valence-electron chi connectivity index (χ3n) is 6.72. The van der Waals surface area contributed by atoms with Crippen molar-refractivity contribution >= 4 is 33.3 Å². The molecular formula is C28H15F5N2O6S. The second-order valence-electron chi connectivity index (χ2n) is 9.33. The molecule has 2 aliphatic rings. The molecule has 0 aliphatic carbocycles. The number of nitrogens with one attached hydrogen (secondary N) is 2. The van der Waals surface area contributed by atoms with Crippen LogP contribution in [0.2, 0.25) is 0 Å². The van der Waals surface area contributed by atoms with E-state index < -0.39 is 55.6 Å². The van der Waals surface area contributed by atoms with Crippen molar-refractivity contribution in [2.45, 2.75) is 17.4 Å². The summed E-state index contributed by atoms with van der Waals surface area (Å²) < 4.78 is 109. The minimum Gasteiger partial charge on any atom is -0.456 e. The number of carbonyl (C=O) groups excluding carboxylic acids is 2. The number of carbonyl (C=O) groups is 2. The normalized spacial score (nSPS) is 16.7. The Kier molecular flexibility index (Phi) is 6.01. The third-order valence-corrected chi connectivity index (χ3v) is 8.12. The Morgan fingerprint density at radius 1 is 0.762 bits per heavy atom. The number of fused-ring (bicyclic) bond motifs is 6. The highest BCUT2D eigenvalue weighted by Crippen LogP contribution is 2.56. The van der Waals surface area contributed by atoms with Crippen molar-refractivity contribution in [3.8, 4) is 11.5 Å². The first-order valence-corrected chi connectivity index (χ1v) is 13.4. The predicted octanol–water partition coefficient (Wildman–Crippen LogP) is 5.71. The molecule has 1 amide bonds. The Hall–Kier alpha value is -4.98. The summed E-state index contributed by atoms with van der Waals surface area (Å²) in [5.41, 5.74) is -0.352. The van der Waals surface area contributed by atoms with Gasteiger partial charge in [0.05, 0.1) is 11.3 Å². The molecule has 1 atom stereocenters. The van der Waals surface area contributed by atoms with Gasteiger partial charge in [-0.1, -0.05) is 18.2 Å². The van der Waals surface area contributed by atoms with Crippen molar-refractivity contribution in [2.75, 3.05) is 10.0 Å². The Labute approximate surface area is 233 Å². The highest BCUT2D eigenvalue weighted by atomic mass is 32.2. The van der Waals surface area contributed by atoms with Crippen molar-refractivity contribution < 1.29 is 49.4 Å². The zero-order valence-corrected chi connectivity index (χ0v) is 21.8. The van der Waals surface area contributed by atoms with Gasteiger partial charge >= 0.3 is 5.97 Å². The van der Waals surface area contributed by atoms with Gasteiger partial charge in [-0.15, -0.1) is 0 Å². The van der Waals surface area contributed by atoms with Crippen LogP contribution in [0.25, 0.3) is 0 Å². The predicted molar refractivity (Wildman–Crippen MR) is 136 cm³/mol. The summed E-state index contributed by atoms with van der Waals surface area (Å²) in [6, 6.07) is 14.7. The summed E-state index contributed by atoms with van der Waals surface area (Å²) in [7, 11) is -5.36. The minimum absolute atomic E-state index is 0.0791. The minimum atomic E-state index is -5.36. The lowest BCUT2D eigenvalue weighted by molar-refractivity contribution is -0.114. The Morgan fingerprint density at radius 2 is 1.31 bits per heavy atom. The van der Waals surface area contributed by atoms with Gasteiger partial charge in [0.1, 0.15) is 11.5 Å². The molecule has 0 saturated carbocycles. The van der Waals surface area contributed by atoms with E-state index in [1.165, 1.54) is 19.1 Å². The molecule has 2 heterocycles. The zero-order valence-electron chi connectivity index (χ0n) is 21.0. The molecule has 4 aromatic carbocycles. The summed E-state index contributed by atoms with van der Waals surface area (Å²) in [5.74, 6) is -13.5. The van der Waals surface area contributed by atoms with Gasteiger partial charge in [0.15, 0.2) is 33.8 Å². The van der Waals surface area contributed by atoms with E-state index in [2.05, 4.69) is 5.32 Å². The topological polar surface area (TPSA) is 111 Å². The number of benzene rings is 4. The van der Waals surface area contributed by atoms with Gasteiger partial charge in [-0.2, -0.15) is 0 Å². The summed E-state index contributed by atoms with van der Waals surface area (Å²) in [6.45, 7) is 1.29. The molecule has 4 aromatic rings. The number of esters is 1. The van der Waals surface area contributed by atoms with Crippen LogP contribution >= 0.6 is 0 Å². The highest BCUT2D eigenvalue weighted by Gasteiger charge is 2.53. The van der Waals surface area contributed by atoms with Gasteiger partial charge in [0, 0.05) is 41.4 Å². The molecular weight excluding hydrogens is 587 g/mol. The summed E-state index contributed by atoms with van der Waals surface area (Å²) >= 11 is 0. The van der Waals surface area contributed by atoms with Crippen LogP contribution in [0, 0.1) is 29.1 Å². The molecule has 42 heavy (non-hydrogen) atoms. The fourth-order valence-electron chi connectivity index (χ4n) is 5.05. The highest BCUT2D eigenvalue weighted by molar-refractivity contribution is 7.92. The SMILES string of the molecule is CC(=O)Nc1ccc2c(c1)Oc1cc(NS(=O)(=O)c3c(F)c(F)c(F)c(F)c3F)ccc1C21OC(=O)c2ccccc21. The summed E-state index contributed by atoms with van der Waals surface area (Å²) in [5, 5.41) is 2.59. The number of rotatable bonds is 4. The van der Waals surface area contributed by atoms with Crippen LogP contribution in [0.15, 0.2) is 65.6 Å². The fourth-order valence-corrected chi connectivity index (χ4v) is 6.24. The van der Waals surface area contributed by atoms with Gasteiger partial charge < -0.3 is 14.8 Å². The van der Waals surface area contributed by atoms with Crippen LogP contribution in [0.5, 0.6) is 11.5 Å². The molecule has 6 rings (SSSR count). The van der Waals surface area contributed by atoms with E-state index in [0.717, 1.165) is 12.1 Å². The van der Waals surface area contributed by atoms with Crippen LogP contribution in [-0.2, 0) is 25.2 Å². The molecule has 0 saturated heterocycles. The van der Waals surface area contributed by atoms with Crippen molar-refractivity contribution in [1.82, 2.24) is 0 Å². The lowest BCUT2D eigenvalue weighted by Crippen LogP contribution is -2.33. The maximum Gasteiger partial charge on any atom is 0.340 e. The first-order valence-electron chi connectivity index (χ1n) is 12.0. The number of halogens is 5. The molecule has 0 radical (unpaired) electrons. The molecule has 214 valence electrons. The van der Waals surface area contributed by atoms with Gasteiger partial charge in [-0.05, 0) is 30.3 Å². The summed E-state index contributed by atoms with van der Waals surface area (Å²) in [4.78, 5) is 22.5. The van der Waals surface area contributed by atoms with E-state index in [1.807, 2.05) is 0 Å². The van der Waals surface area contributed by atoms with E-state index in [9.17, 15) is 40.0 Å². The molecule has 2 aliphatic heterocycles. The number of hydrogen-bond acceptors (Lipinski definition) is 6. The average molecular weight is 602 g/mol. The van der Waals surface area contributed by atoms with Crippen LogP contribution in [0.3, 0.4) is 0 Å². The van der Waals surface area contributed by atoms with E-state index in [1.54, 1.807) is 41.1 Å². The second kappa shape index (κ2) is 9.27. The number of sulfonamides is 1. The second-order valence-corrected chi connectivity index (χ2v) is 10.9. The van der Waals surface area contributed by atoms with Gasteiger partial charge in [0.2, 0.25) is 11.7 Å². The number of hydrogen-bond donors (Lipinski definition) is 2. The standard InChI is InChI=1S/C28H15F5N2O6S/c1-12(36)34-13-6-8-17-19(10-13)40-20-11-14(35-42(38,39)26-24(32)22(30)21(29)23(31)25(26)33)7-9-18(20)28(17)16-5-3-2-4-15(16)27(37)41-28/h2-11,35H,1H3,(H,34,36). The first-order chi connectivity index (χ1) is 19.8. The Bertz CT molecular complexity index is 1960. The lowest BCUT2D eigenvalue weighted by Gasteiger charge is -2.36. The molecule has 14 heteroatoms. The molecule has 0 bridgehead atoms. The molecule has 1 unspecified atom stereocenters. The molecule has 0 aromatic heterocycles. The maximum absolute atomic E-state index is 14.3. The van der Waals surface area contributed by atoms with Gasteiger partial charge in [-0.25, -0.2) is 35.2 Å². The molecule has 8 nitrogen and oxygen atoms in total. The van der Waals surface area contributed by atoms with Crippen LogP contribution in [0.4, 0.5) is 33.3 Å². The van der Waals surface area contributed by atoms with Crippen molar-refractivity contribution in [1.29, 1.82) is 0 Å². The monoisotopic (exact) mass is 602 g/mol. The van der Waals surface area contributed by atoms with E-state index in [-0.39, 0.29) is 34.2 Å². The lowest BCUT2D eigenvalue weighted by atomic mass is 9.77. The summed E-state index contributed by atoms with van der Waals surface area (Å²) in [6.07, 6.45) is 0. The van der Waals surface area contributed by atoms with Crippen molar-refractivity contribution in [3.63, 3.8) is 0 Å². The van der Waals surface area contributed by atoms with Crippen LogP contribution < -0.4 is 14.8 Å². The largest absolute Gasteiger partial charge is 0.456 e. The van der Waals surface area contributed by atoms with Gasteiger partial charge in [0.25, 0.3) is 10.0 Å². The smallest absolute Gasteiger partial charge is 0.340 e. The number of ether oxygens (including phenoxy) is 2. The quantitative estimate of drug-likeness (QED) is 0.134. The van der Waals surface area contributed by atoms with Crippen LogP contribution in [-0.4, -0.2) is 20.3 Å². The van der Waals surface area contributed by atoms with E-state index in [0.29, 0.717) is 16.8 Å². The fraction of sp³-hybridized carbons (Fsp3) is 0.0714. The first kappa shape index (κ1) is 27.2. The van der Waals surface area contributed by atoms with Crippen molar-refractivity contribution in [2.24, 2.45) is 0 Å². The third kappa shape index (κ3) is 3.89. The average Bonchev–Trinajstić information content (AvgIpc) is 3.22. The maximum atomic E-state index is 14.3. The molecule has 2 N–H and O–H groups in total. The van der Waals surface area contributed by atoms with Crippen LogP contribution in [0.1, 0.15) is 34.0 Å².